The molecule has 0 aliphatic carbocycles. The highest BCUT2D eigenvalue weighted by atomic mass is 79.9. The molecule has 16 heavy (non-hydrogen) atoms. The quantitative estimate of drug-likeness (QED) is 0.622. The van der Waals surface area contributed by atoms with Crippen LogP contribution in [-0.2, 0) is 7.05 Å². The number of nitrogens with zero attached hydrogens (tertiary/aromatic N) is 1. The van der Waals surface area contributed by atoms with Gasteiger partial charge in [-0.3, -0.25) is 4.79 Å². The highest BCUT2D eigenvalue weighted by Crippen LogP contribution is 2.36. The second-order valence-corrected chi connectivity index (χ2v) is 5.70. The van der Waals surface area contributed by atoms with Gasteiger partial charge < -0.3 is 4.57 Å². The smallest absolute Gasteiger partial charge is 0.166 e. The van der Waals surface area contributed by atoms with Crippen LogP contribution in [0.1, 0.15) is 10.5 Å². The van der Waals surface area contributed by atoms with Gasteiger partial charge in [-0.15, -0.1) is 11.3 Å². The third-order valence-electron chi connectivity index (χ3n) is 2.77. The van der Waals surface area contributed by atoms with Crippen LogP contribution in [0.4, 0.5) is 0 Å². The number of aryl methyl sites for hydroxylation is 1. The number of carbonyl (C=O) groups is 1. The second-order valence-electron chi connectivity index (χ2n) is 3.70. The van der Waals surface area contributed by atoms with Crippen LogP contribution in [0.5, 0.6) is 0 Å². The first-order valence-corrected chi connectivity index (χ1v) is 6.44. The van der Waals surface area contributed by atoms with Gasteiger partial charge in [-0.25, -0.2) is 0 Å². The zero-order chi connectivity index (χ0) is 11.3. The standard InChI is InChI=1S/C12H8BrNOS/c1-14-8(6-15)5-11-12(14)9-3-2-7(13)4-10(9)16-11/h2-6H,1H3. The van der Waals surface area contributed by atoms with Crippen molar-refractivity contribution in [1.82, 2.24) is 4.57 Å². The van der Waals surface area contributed by atoms with Gasteiger partial charge in [-0.2, -0.15) is 0 Å². The van der Waals surface area contributed by atoms with Crippen LogP contribution in [-0.4, -0.2) is 10.9 Å². The Kier molecular flexibility index (Phi) is 2.16. The average Bonchev–Trinajstić information content (AvgIpc) is 2.75. The van der Waals surface area contributed by atoms with Crippen molar-refractivity contribution >= 4 is 53.9 Å². The largest absolute Gasteiger partial charge is 0.340 e. The summed E-state index contributed by atoms with van der Waals surface area (Å²) in [7, 11) is 1.93. The number of thiophene rings is 1. The minimum atomic E-state index is 0.728. The average molecular weight is 294 g/mol. The Morgan fingerprint density at radius 2 is 2.12 bits per heavy atom. The van der Waals surface area contributed by atoms with Crippen LogP contribution < -0.4 is 0 Å². The van der Waals surface area contributed by atoms with E-state index in [2.05, 4.69) is 28.1 Å². The zero-order valence-corrected chi connectivity index (χ0v) is 10.9. The highest BCUT2D eigenvalue weighted by molar-refractivity contribution is 9.10. The number of carbonyl (C=O) groups excluding carboxylic acids is 1. The molecule has 0 spiro atoms. The molecule has 0 saturated heterocycles. The minimum absolute atomic E-state index is 0.728. The summed E-state index contributed by atoms with van der Waals surface area (Å²) >= 11 is 5.18. The van der Waals surface area contributed by atoms with E-state index in [0.717, 1.165) is 26.7 Å². The molecule has 3 rings (SSSR count). The number of halogens is 1. The lowest BCUT2D eigenvalue weighted by molar-refractivity contribution is 0.111. The van der Waals surface area contributed by atoms with E-state index < -0.39 is 0 Å². The van der Waals surface area contributed by atoms with Crippen LogP contribution in [0, 0.1) is 0 Å². The van der Waals surface area contributed by atoms with E-state index in [1.807, 2.05) is 23.7 Å². The van der Waals surface area contributed by atoms with E-state index in [1.54, 1.807) is 11.3 Å². The molecule has 0 amide bonds. The molecular weight excluding hydrogens is 286 g/mol. The van der Waals surface area contributed by atoms with Gasteiger partial charge in [-0.1, -0.05) is 22.0 Å². The summed E-state index contributed by atoms with van der Waals surface area (Å²) in [5.74, 6) is 0. The predicted molar refractivity (Wildman–Crippen MR) is 71.4 cm³/mol. The monoisotopic (exact) mass is 293 g/mol. The Bertz CT molecular complexity index is 711. The molecule has 2 aromatic heterocycles. The summed E-state index contributed by atoms with van der Waals surface area (Å²) in [6.45, 7) is 0. The van der Waals surface area contributed by atoms with Gasteiger partial charge in [0.1, 0.15) is 0 Å². The first-order valence-electron chi connectivity index (χ1n) is 4.83. The van der Waals surface area contributed by atoms with E-state index in [-0.39, 0.29) is 0 Å². The Morgan fingerprint density at radius 1 is 1.31 bits per heavy atom. The van der Waals surface area contributed by atoms with Gasteiger partial charge in [0.05, 0.1) is 15.9 Å². The Labute approximate surface area is 105 Å². The van der Waals surface area contributed by atoms with E-state index in [4.69, 9.17) is 0 Å². The molecule has 2 nitrogen and oxygen atoms in total. The zero-order valence-electron chi connectivity index (χ0n) is 8.53. The molecule has 2 heterocycles. The molecule has 0 aliphatic heterocycles. The van der Waals surface area contributed by atoms with Crippen molar-refractivity contribution < 1.29 is 4.79 Å². The fourth-order valence-corrected chi connectivity index (χ4v) is 3.73. The van der Waals surface area contributed by atoms with Crippen molar-refractivity contribution in [3.8, 4) is 0 Å². The summed E-state index contributed by atoms with van der Waals surface area (Å²) in [6, 6.07) is 8.18. The van der Waals surface area contributed by atoms with Gasteiger partial charge in [0.2, 0.25) is 0 Å². The number of fused-ring (bicyclic) bond motifs is 3. The van der Waals surface area contributed by atoms with Crippen LogP contribution in [0.25, 0.3) is 20.3 Å². The third kappa shape index (κ3) is 1.26. The summed E-state index contributed by atoms with van der Waals surface area (Å²) in [4.78, 5) is 10.9. The maximum Gasteiger partial charge on any atom is 0.166 e. The second kappa shape index (κ2) is 3.43. The molecular formula is C12H8BrNOS. The summed E-state index contributed by atoms with van der Waals surface area (Å²) in [5, 5.41) is 1.21. The molecule has 0 N–H and O–H groups in total. The van der Waals surface area contributed by atoms with Crippen molar-refractivity contribution in [3.63, 3.8) is 0 Å². The lowest BCUT2D eigenvalue weighted by Gasteiger charge is -1.97. The molecule has 0 saturated carbocycles. The number of aldehydes is 1. The van der Waals surface area contributed by atoms with Gasteiger partial charge in [-0.05, 0) is 18.2 Å². The molecule has 0 atom stereocenters. The SMILES string of the molecule is Cn1c(C=O)cc2sc3cc(Br)ccc3c21. The molecule has 3 aromatic rings. The van der Waals surface area contributed by atoms with Crippen molar-refractivity contribution in [2.75, 3.05) is 0 Å². The van der Waals surface area contributed by atoms with E-state index in [1.165, 1.54) is 10.1 Å². The fraction of sp³-hybridized carbons (Fsp3) is 0.0833. The molecule has 0 fully saturated rings. The van der Waals surface area contributed by atoms with Crippen LogP contribution in [0.15, 0.2) is 28.7 Å². The van der Waals surface area contributed by atoms with Gasteiger partial charge in [0.15, 0.2) is 6.29 Å². The molecule has 4 heteroatoms. The van der Waals surface area contributed by atoms with Gasteiger partial charge >= 0.3 is 0 Å². The first-order chi connectivity index (χ1) is 7.70. The van der Waals surface area contributed by atoms with E-state index >= 15 is 0 Å². The van der Waals surface area contributed by atoms with Crippen LogP contribution in [0.2, 0.25) is 0 Å². The lowest BCUT2D eigenvalue weighted by atomic mass is 10.2. The molecule has 1 aromatic carbocycles. The summed E-state index contributed by atoms with van der Waals surface area (Å²) < 4.78 is 5.45. The maximum atomic E-state index is 10.9. The highest BCUT2D eigenvalue weighted by Gasteiger charge is 2.11. The van der Waals surface area contributed by atoms with Gasteiger partial charge in [0.25, 0.3) is 0 Å². The molecule has 80 valence electrons. The van der Waals surface area contributed by atoms with Crippen LogP contribution >= 0.6 is 27.3 Å². The lowest BCUT2D eigenvalue weighted by Crippen LogP contribution is -1.93. The van der Waals surface area contributed by atoms with Crippen molar-refractivity contribution in [3.05, 3.63) is 34.4 Å². The number of benzene rings is 1. The number of hydrogen-bond acceptors (Lipinski definition) is 2. The third-order valence-corrected chi connectivity index (χ3v) is 4.36. The fourth-order valence-electron chi connectivity index (χ4n) is 1.99. The van der Waals surface area contributed by atoms with Gasteiger partial charge in [0, 0.05) is 21.6 Å². The van der Waals surface area contributed by atoms with Crippen molar-refractivity contribution in [2.45, 2.75) is 0 Å². The van der Waals surface area contributed by atoms with Crippen LogP contribution in [0.3, 0.4) is 0 Å². The van der Waals surface area contributed by atoms with E-state index in [9.17, 15) is 4.79 Å². The Hall–Kier alpha value is -1.13. The normalized spacial score (nSPS) is 11.4. The Morgan fingerprint density at radius 3 is 2.88 bits per heavy atom. The number of aromatic nitrogens is 1. The van der Waals surface area contributed by atoms with E-state index in [0.29, 0.717) is 0 Å². The summed E-state index contributed by atoms with van der Waals surface area (Å²) in [5.41, 5.74) is 1.88. The molecule has 0 aliphatic rings. The first kappa shape index (κ1) is 10.1. The topological polar surface area (TPSA) is 22.0 Å². The summed E-state index contributed by atoms with van der Waals surface area (Å²) in [6.07, 6.45) is 0.900. The molecule has 0 unspecified atom stereocenters. The maximum absolute atomic E-state index is 10.9. The number of hydrogen-bond donors (Lipinski definition) is 0. The predicted octanol–water partition coefficient (Wildman–Crippen LogP) is 3.97. The molecule has 0 bridgehead atoms. The minimum Gasteiger partial charge on any atom is -0.340 e. The molecule has 0 radical (unpaired) electrons. The number of rotatable bonds is 1. The van der Waals surface area contributed by atoms with Crippen molar-refractivity contribution in [2.24, 2.45) is 7.05 Å². The van der Waals surface area contributed by atoms with Crippen molar-refractivity contribution in [1.29, 1.82) is 0 Å². The Balaban J connectivity index is 2.51.